The lowest BCUT2D eigenvalue weighted by Gasteiger charge is -2.16. The first-order valence-electron chi connectivity index (χ1n) is 12.3. The molecule has 1 aliphatic carbocycles. The van der Waals surface area contributed by atoms with E-state index >= 15 is 0 Å². The van der Waals surface area contributed by atoms with Crippen LogP contribution in [0.1, 0.15) is 66.8 Å². The third-order valence-electron chi connectivity index (χ3n) is 6.78. The Balaban J connectivity index is 1.31. The summed E-state index contributed by atoms with van der Waals surface area (Å²) in [5, 5.41) is 5.76. The summed E-state index contributed by atoms with van der Waals surface area (Å²) in [7, 11) is 1.36. The highest BCUT2D eigenvalue weighted by Gasteiger charge is 2.29. The number of amides is 2. The molecule has 2 amide bonds. The standard InChI is InChI=1S/C28H27FN6O4/c1-14-11-17(5-9-21(14)29)13-30-26(36)23-12-24(34-28(33-23)38-4)27(37)32-22-10-8-18-15(2)19(6-7-20(18)22)25-31-16(3)39-35-25/h5-7,9,11-12,22H,3,8,10,13H2,1-2,4H3,(H,30,36)(H,31,35)(H,32,37)/t22-/m0/s1. The Morgan fingerprint density at radius 2 is 1.92 bits per heavy atom. The van der Waals surface area contributed by atoms with Gasteiger partial charge in [0.25, 0.3) is 11.8 Å². The van der Waals surface area contributed by atoms with Gasteiger partial charge < -0.3 is 20.2 Å². The minimum absolute atomic E-state index is 0.00610. The fourth-order valence-electron chi connectivity index (χ4n) is 4.75. The number of nitrogens with one attached hydrogen (secondary N) is 3. The zero-order valence-electron chi connectivity index (χ0n) is 21.7. The summed E-state index contributed by atoms with van der Waals surface area (Å²) in [6.07, 6.45) is 1.49. The molecule has 0 unspecified atom stereocenters. The number of rotatable bonds is 7. The molecule has 1 aliphatic heterocycles. The number of benzene rings is 2. The third-order valence-corrected chi connectivity index (χ3v) is 6.78. The number of carbonyl (C=O) groups excluding carboxylic acids is 2. The molecule has 5 rings (SSSR count). The van der Waals surface area contributed by atoms with Gasteiger partial charge >= 0.3 is 6.01 Å². The van der Waals surface area contributed by atoms with Crippen molar-refractivity contribution in [1.82, 2.24) is 26.1 Å². The Morgan fingerprint density at radius 1 is 1.15 bits per heavy atom. The fraction of sp³-hybridized carbons (Fsp3) is 0.250. The number of ether oxygens (including phenoxy) is 1. The molecule has 2 aromatic carbocycles. The van der Waals surface area contributed by atoms with Crippen molar-refractivity contribution in [2.45, 2.75) is 39.3 Å². The quantitative estimate of drug-likeness (QED) is 0.428. The third kappa shape index (κ3) is 5.28. The van der Waals surface area contributed by atoms with Gasteiger partial charge in [-0.2, -0.15) is 15.0 Å². The van der Waals surface area contributed by atoms with Gasteiger partial charge in [0.1, 0.15) is 17.2 Å². The van der Waals surface area contributed by atoms with Gasteiger partial charge in [-0.15, -0.1) is 0 Å². The van der Waals surface area contributed by atoms with E-state index < -0.39 is 11.8 Å². The number of hydroxylamine groups is 1. The number of aryl methyl sites for hydroxylation is 1. The predicted molar refractivity (Wildman–Crippen MR) is 140 cm³/mol. The van der Waals surface area contributed by atoms with E-state index in [2.05, 4.69) is 37.7 Å². The first kappa shape index (κ1) is 25.8. The van der Waals surface area contributed by atoms with E-state index in [0.29, 0.717) is 23.7 Å². The predicted octanol–water partition coefficient (Wildman–Crippen LogP) is 3.34. The molecule has 3 aromatic rings. The second-order valence-electron chi connectivity index (χ2n) is 9.32. The SMILES string of the molecule is C=C1N=C(c2ccc3c(c2C)CC[C@@H]3NC(=O)c2cc(C(=O)NCc3ccc(F)c(C)c3)nc(OC)n2)NO1. The number of aromatic nitrogens is 2. The number of hydrogen-bond acceptors (Lipinski definition) is 8. The molecule has 0 saturated carbocycles. The smallest absolute Gasteiger partial charge is 0.317 e. The highest BCUT2D eigenvalue weighted by molar-refractivity contribution is 6.01. The average molecular weight is 531 g/mol. The summed E-state index contributed by atoms with van der Waals surface area (Å²) in [5.74, 6) is -0.390. The Bertz CT molecular complexity index is 1540. The van der Waals surface area contributed by atoms with Crippen LogP contribution >= 0.6 is 0 Å². The van der Waals surface area contributed by atoms with Crippen molar-refractivity contribution in [1.29, 1.82) is 0 Å². The highest BCUT2D eigenvalue weighted by atomic mass is 19.1. The zero-order valence-corrected chi connectivity index (χ0v) is 21.7. The van der Waals surface area contributed by atoms with Crippen molar-refractivity contribution in [3.63, 3.8) is 0 Å². The Kier molecular flexibility index (Phi) is 6.97. The molecule has 11 heteroatoms. The molecule has 3 N–H and O–H groups in total. The molecular formula is C28H27FN6O4. The monoisotopic (exact) mass is 530 g/mol. The lowest BCUT2D eigenvalue weighted by atomic mass is 9.97. The molecule has 39 heavy (non-hydrogen) atoms. The molecule has 0 saturated heterocycles. The van der Waals surface area contributed by atoms with Crippen LogP contribution in [0.5, 0.6) is 6.01 Å². The first-order valence-corrected chi connectivity index (χ1v) is 12.3. The van der Waals surface area contributed by atoms with Crippen LogP contribution in [0.15, 0.2) is 53.9 Å². The number of fused-ring (bicyclic) bond motifs is 1. The number of amidine groups is 1. The lowest BCUT2D eigenvalue weighted by molar-refractivity contribution is 0.0930. The van der Waals surface area contributed by atoms with Crippen molar-refractivity contribution in [3.8, 4) is 6.01 Å². The van der Waals surface area contributed by atoms with Crippen LogP contribution in [0, 0.1) is 19.7 Å². The molecule has 10 nitrogen and oxygen atoms in total. The molecule has 200 valence electrons. The van der Waals surface area contributed by atoms with Crippen LogP contribution in [0.2, 0.25) is 0 Å². The summed E-state index contributed by atoms with van der Waals surface area (Å²) in [5.41, 5.74) is 8.07. The molecule has 0 bridgehead atoms. The van der Waals surface area contributed by atoms with Crippen molar-refractivity contribution in [2.75, 3.05) is 7.11 Å². The van der Waals surface area contributed by atoms with E-state index in [1.54, 1.807) is 19.1 Å². The molecule has 1 aromatic heterocycles. The summed E-state index contributed by atoms with van der Waals surface area (Å²) >= 11 is 0. The maximum absolute atomic E-state index is 13.5. The molecular weight excluding hydrogens is 503 g/mol. The lowest BCUT2D eigenvalue weighted by Crippen LogP contribution is -2.29. The largest absolute Gasteiger partial charge is 0.467 e. The van der Waals surface area contributed by atoms with Gasteiger partial charge in [0, 0.05) is 18.2 Å². The summed E-state index contributed by atoms with van der Waals surface area (Å²) < 4.78 is 18.7. The number of halogens is 1. The fourth-order valence-corrected chi connectivity index (χ4v) is 4.75. The maximum atomic E-state index is 13.5. The number of carbonyl (C=O) groups is 2. The van der Waals surface area contributed by atoms with Gasteiger partial charge in [0.05, 0.1) is 13.2 Å². The van der Waals surface area contributed by atoms with Gasteiger partial charge in [-0.1, -0.05) is 24.3 Å². The van der Waals surface area contributed by atoms with Gasteiger partial charge in [-0.25, -0.2) is 9.87 Å². The van der Waals surface area contributed by atoms with E-state index in [0.717, 1.165) is 34.2 Å². The normalized spacial score (nSPS) is 15.6. The number of nitrogens with zero attached hydrogens (tertiary/aromatic N) is 3. The van der Waals surface area contributed by atoms with Crippen LogP contribution < -0.4 is 20.9 Å². The molecule has 0 spiro atoms. The average Bonchev–Trinajstić information content (AvgIpc) is 3.55. The van der Waals surface area contributed by atoms with Crippen LogP contribution in [0.3, 0.4) is 0 Å². The second-order valence-corrected chi connectivity index (χ2v) is 9.32. The van der Waals surface area contributed by atoms with Gasteiger partial charge in [0.15, 0.2) is 5.84 Å². The topological polar surface area (TPSA) is 127 Å². The Morgan fingerprint density at radius 3 is 2.62 bits per heavy atom. The number of aliphatic imine (C=N–C) groups is 1. The van der Waals surface area contributed by atoms with Crippen molar-refractivity contribution >= 4 is 17.6 Å². The molecule has 2 heterocycles. The van der Waals surface area contributed by atoms with Gasteiger partial charge in [-0.05, 0) is 67.2 Å². The van der Waals surface area contributed by atoms with Crippen molar-refractivity contribution in [3.05, 3.63) is 99.4 Å². The van der Waals surface area contributed by atoms with E-state index in [1.807, 2.05) is 19.1 Å². The Labute approximate surface area is 224 Å². The Hall–Kier alpha value is -4.80. The van der Waals surface area contributed by atoms with Gasteiger partial charge in [0.2, 0.25) is 5.88 Å². The second kappa shape index (κ2) is 10.5. The minimum atomic E-state index is -0.517. The number of methoxy groups -OCH3 is 1. The van der Waals surface area contributed by atoms with E-state index in [-0.39, 0.29) is 35.8 Å². The summed E-state index contributed by atoms with van der Waals surface area (Å²) in [6.45, 7) is 7.51. The van der Waals surface area contributed by atoms with Crippen LogP contribution in [0.25, 0.3) is 0 Å². The van der Waals surface area contributed by atoms with Crippen LogP contribution in [0.4, 0.5) is 4.39 Å². The first-order chi connectivity index (χ1) is 18.7. The molecule has 1 atom stereocenters. The van der Waals surface area contributed by atoms with Crippen LogP contribution in [-0.2, 0) is 17.8 Å². The van der Waals surface area contributed by atoms with Crippen molar-refractivity contribution in [2.24, 2.45) is 4.99 Å². The van der Waals surface area contributed by atoms with Crippen molar-refractivity contribution < 1.29 is 23.6 Å². The number of hydrogen-bond donors (Lipinski definition) is 3. The highest BCUT2D eigenvalue weighted by Crippen LogP contribution is 2.35. The molecule has 0 fully saturated rings. The molecule has 2 aliphatic rings. The van der Waals surface area contributed by atoms with E-state index in [1.165, 1.54) is 19.2 Å². The zero-order chi connectivity index (χ0) is 27.7. The van der Waals surface area contributed by atoms with Crippen LogP contribution in [-0.4, -0.2) is 34.7 Å². The minimum Gasteiger partial charge on any atom is -0.467 e. The summed E-state index contributed by atoms with van der Waals surface area (Å²) in [4.78, 5) is 43.7. The van der Waals surface area contributed by atoms with Gasteiger partial charge in [-0.3, -0.25) is 9.59 Å². The maximum Gasteiger partial charge on any atom is 0.317 e. The van der Waals surface area contributed by atoms with E-state index in [9.17, 15) is 14.0 Å². The summed E-state index contributed by atoms with van der Waals surface area (Å²) in [6, 6.07) is 9.49. The molecule has 0 radical (unpaired) electrons. The van der Waals surface area contributed by atoms with E-state index in [4.69, 9.17) is 9.57 Å².